The minimum absolute atomic E-state index is 0.0364. The van der Waals surface area contributed by atoms with Gasteiger partial charge in [0.25, 0.3) is 0 Å². The van der Waals surface area contributed by atoms with Crippen LogP contribution in [0.2, 0.25) is 0 Å². The molecule has 33 heavy (non-hydrogen) atoms. The monoisotopic (exact) mass is 435 g/mol. The Labute approximate surface area is 196 Å². The molecule has 0 bridgehead atoms. The molecule has 4 rings (SSSR count). The molecule has 0 heterocycles. The number of benzene rings is 3. The van der Waals surface area contributed by atoms with E-state index < -0.39 is 5.92 Å². The summed E-state index contributed by atoms with van der Waals surface area (Å²) in [7, 11) is 1.63. The Hall–Kier alpha value is -3.20. The highest BCUT2D eigenvalue weighted by molar-refractivity contribution is 5.99. The van der Waals surface area contributed by atoms with Gasteiger partial charge in [-0.05, 0) is 54.5 Å². The van der Waals surface area contributed by atoms with Crippen LogP contribution < -0.4 is 4.74 Å². The van der Waals surface area contributed by atoms with Crippen LogP contribution in [0.25, 0.3) is 0 Å². The van der Waals surface area contributed by atoms with Gasteiger partial charge in [0, 0.05) is 24.7 Å². The number of hydrogen-bond donors (Lipinski definition) is 0. The Morgan fingerprint density at radius 3 is 1.97 bits per heavy atom. The first-order valence-electron chi connectivity index (χ1n) is 11.2. The standard InChI is InChI=1S/C30H27O3/c1-33-26-18-16-23(17-19-26)27(21-28(31)24-12-8-9-13-24)30(25-14-6-3-7-15-25)29(32)20-22-10-4-2-5-11-22/h2-19,27,30H,20-21H2,1H3. The third kappa shape index (κ3) is 5.78. The van der Waals surface area contributed by atoms with E-state index in [1.54, 1.807) is 7.11 Å². The molecule has 2 unspecified atom stereocenters. The summed E-state index contributed by atoms with van der Waals surface area (Å²) in [6.07, 6.45) is 7.96. The second-order valence-corrected chi connectivity index (χ2v) is 8.20. The highest BCUT2D eigenvalue weighted by Crippen LogP contribution is 2.40. The van der Waals surface area contributed by atoms with E-state index in [4.69, 9.17) is 4.74 Å². The van der Waals surface area contributed by atoms with Gasteiger partial charge in [-0.1, -0.05) is 72.8 Å². The smallest absolute Gasteiger partial charge is 0.145 e. The van der Waals surface area contributed by atoms with Crippen molar-refractivity contribution in [3.05, 3.63) is 133 Å². The van der Waals surface area contributed by atoms with Gasteiger partial charge in [-0.25, -0.2) is 0 Å². The van der Waals surface area contributed by atoms with Crippen molar-refractivity contribution in [3.63, 3.8) is 0 Å². The summed E-state index contributed by atoms with van der Waals surface area (Å²) in [6.45, 7) is 0. The summed E-state index contributed by atoms with van der Waals surface area (Å²) in [5.41, 5.74) is 2.85. The average molecular weight is 436 g/mol. The molecular weight excluding hydrogens is 408 g/mol. The van der Waals surface area contributed by atoms with E-state index >= 15 is 0 Å². The molecule has 2 atom stereocenters. The van der Waals surface area contributed by atoms with Gasteiger partial charge in [0.2, 0.25) is 0 Å². The quantitative estimate of drug-likeness (QED) is 0.408. The third-order valence-electron chi connectivity index (χ3n) is 6.06. The number of ketones is 2. The number of rotatable bonds is 10. The summed E-state index contributed by atoms with van der Waals surface area (Å²) in [4.78, 5) is 27.0. The minimum Gasteiger partial charge on any atom is -0.497 e. The first-order valence-corrected chi connectivity index (χ1v) is 11.2. The Kier molecular flexibility index (Phi) is 7.72. The van der Waals surface area contributed by atoms with Gasteiger partial charge in [-0.3, -0.25) is 9.59 Å². The topological polar surface area (TPSA) is 43.4 Å². The number of ether oxygens (including phenoxy) is 1. The van der Waals surface area contributed by atoms with Crippen LogP contribution in [0.1, 0.15) is 34.9 Å². The van der Waals surface area contributed by atoms with Crippen LogP contribution in [-0.2, 0) is 16.0 Å². The van der Waals surface area contributed by atoms with Crippen LogP contribution in [0.15, 0.2) is 84.9 Å². The van der Waals surface area contributed by atoms with E-state index in [9.17, 15) is 9.59 Å². The second-order valence-electron chi connectivity index (χ2n) is 8.20. The largest absolute Gasteiger partial charge is 0.497 e. The number of Topliss-reactive ketones (excluding diaryl/α,β-unsaturated/α-hetero) is 2. The van der Waals surface area contributed by atoms with Crippen LogP contribution in [0.5, 0.6) is 5.75 Å². The molecule has 0 aromatic heterocycles. The average Bonchev–Trinajstić information content (AvgIpc) is 3.40. The van der Waals surface area contributed by atoms with Crippen molar-refractivity contribution in [2.75, 3.05) is 7.11 Å². The molecule has 3 heteroatoms. The first kappa shape index (κ1) is 23.0. The third-order valence-corrected chi connectivity index (χ3v) is 6.06. The number of carbonyl (C=O) groups excluding carboxylic acids is 2. The van der Waals surface area contributed by atoms with Crippen molar-refractivity contribution in [1.29, 1.82) is 0 Å². The second kappa shape index (κ2) is 11.1. The maximum atomic E-state index is 13.8. The van der Waals surface area contributed by atoms with Gasteiger partial charge >= 0.3 is 0 Å². The lowest BCUT2D eigenvalue weighted by atomic mass is 9.74. The zero-order chi connectivity index (χ0) is 23.0. The predicted octanol–water partition coefficient (Wildman–Crippen LogP) is 5.74. The number of carbonyl (C=O) groups is 2. The zero-order valence-electron chi connectivity index (χ0n) is 18.7. The molecule has 0 amide bonds. The lowest BCUT2D eigenvalue weighted by Gasteiger charge is -2.28. The maximum absolute atomic E-state index is 13.8. The fourth-order valence-electron chi connectivity index (χ4n) is 4.37. The van der Waals surface area contributed by atoms with Crippen molar-refractivity contribution in [2.24, 2.45) is 0 Å². The van der Waals surface area contributed by atoms with E-state index in [0.717, 1.165) is 22.4 Å². The van der Waals surface area contributed by atoms with E-state index in [2.05, 4.69) is 0 Å². The summed E-state index contributed by atoms with van der Waals surface area (Å²) in [5, 5.41) is 0. The molecule has 1 aliphatic rings. The normalized spacial score (nSPS) is 15.7. The molecular formula is C30H27O3. The molecule has 0 saturated heterocycles. The van der Waals surface area contributed by atoms with E-state index in [1.165, 1.54) is 0 Å². The van der Waals surface area contributed by atoms with Gasteiger partial charge in [-0.2, -0.15) is 0 Å². The summed E-state index contributed by atoms with van der Waals surface area (Å²) in [6, 6.07) is 27.3. The summed E-state index contributed by atoms with van der Waals surface area (Å²) >= 11 is 0. The minimum atomic E-state index is -0.446. The fourth-order valence-corrected chi connectivity index (χ4v) is 4.37. The van der Waals surface area contributed by atoms with Crippen molar-refractivity contribution < 1.29 is 14.3 Å². The number of methoxy groups -OCH3 is 1. The molecule has 1 aliphatic carbocycles. The van der Waals surface area contributed by atoms with Gasteiger partial charge in [0.15, 0.2) is 0 Å². The van der Waals surface area contributed by atoms with Gasteiger partial charge in [0.1, 0.15) is 17.3 Å². The van der Waals surface area contributed by atoms with Crippen molar-refractivity contribution in [1.82, 2.24) is 0 Å². The molecule has 5 radical (unpaired) electrons. The van der Waals surface area contributed by atoms with E-state index in [1.807, 2.05) is 111 Å². The maximum Gasteiger partial charge on any atom is 0.145 e. The molecule has 3 nitrogen and oxygen atoms in total. The van der Waals surface area contributed by atoms with E-state index in [-0.39, 0.29) is 23.9 Å². The van der Waals surface area contributed by atoms with Crippen molar-refractivity contribution in [2.45, 2.75) is 24.7 Å². The summed E-state index contributed by atoms with van der Waals surface area (Å²) < 4.78 is 5.33. The Balaban J connectivity index is 1.72. The molecule has 0 aliphatic heterocycles. The van der Waals surface area contributed by atoms with Gasteiger partial charge in [-0.15, -0.1) is 0 Å². The molecule has 0 N–H and O–H groups in total. The van der Waals surface area contributed by atoms with E-state index in [0.29, 0.717) is 12.3 Å². The zero-order valence-corrected chi connectivity index (χ0v) is 18.7. The molecule has 3 aromatic carbocycles. The molecule has 1 fully saturated rings. The van der Waals surface area contributed by atoms with Crippen LogP contribution in [0, 0.1) is 31.6 Å². The van der Waals surface area contributed by atoms with Crippen LogP contribution >= 0.6 is 0 Å². The predicted molar refractivity (Wildman–Crippen MR) is 130 cm³/mol. The van der Waals surface area contributed by atoms with Gasteiger partial charge < -0.3 is 4.74 Å². The lowest BCUT2D eigenvalue weighted by molar-refractivity contribution is -0.121. The van der Waals surface area contributed by atoms with Crippen LogP contribution in [-0.4, -0.2) is 18.7 Å². The lowest BCUT2D eigenvalue weighted by Crippen LogP contribution is -2.26. The van der Waals surface area contributed by atoms with Gasteiger partial charge in [0.05, 0.1) is 13.0 Å². The van der Waals surface area contributed by atoms with Crippen LogP contribution in [0.4, 0.5) is 0 Å². The Morgan fingerprint density at radius 1 is 0.758 bits per heavy atom. The SMILES string of the molecule is COc1ccc(C(CC(=O)[C]2[CH][CH][CH][CH]2)C(C(=O)Cc2ccccc2)c2ccccc2)cc1. The summed E-state index contributed by atoms with van der Waals surface area (Å²) in [5.74, 6) is 0.816. The van der Waals surface area contributed by atoms with Crippen molar-refractivity contribution >= 4 is 11.6 Å². The molecule has 165 valence electrons. The molecule has 3 aromatic rings. The Morgan fingerprint density at radius 2 is 1.36 bits per heavy atom. The fraction of sp³-hybridized carbons (Fsp3) is 0.167. The van der Waals surface area contributed by atoms with Crippen molar-refractivity contribution in [3.8, 4) is 5.75 Å². The molecule has 1 saturated carbocycles. The highest BCUT2D eigenvalue weighted by Gasteiger charge is 2.35. The highest BCUT2D eigenvalue weighted by atomic mass is 16.5. The molecule has 0 spiro atoms. The Bertz CT molecular complexity index is 1030. The van der Waals surface area contributed by atoms with Crippen LogP contribution in [0.3, 0.4) is 0 Å². The first-order chi connectivity index (χ1) is 16.2. The number of hydrogen-bond acceptors (Lipinski definition) is 3.